The lowest BCUT2D eigenvalue weighted by atomic mass is 10.2. The van der Waals surface area contributed by atoms with Crippen molar-refractivity contribution in [3.05, 3.63) is 54.1 Å². The zero-order chi connectivity index (χ0) is 18.0. The number of thioether (sulfide) groups is 1. The lowest BCUT2D eigenvalue weighted by Crippen LogP contribution is -2.22. The second-order valence-electron chi connectivity index (χ2n) is 5.27. The van der Waals surface area contributed by atoms with Crippen LogP contribution in [0.4, 0.5) is 18.9 Å². The third-order valence-corrected chi connectivity index (χ3v) is 4.34. The van der Waals surface area contributed by atoms with Crippen LogP contribution in [0.25, 0.3) is 11.1 Å². The summed E-state index contributed by atoms with van der Waals surface area (Å²) in [6, 6.07) is 11.5. The molecule has 0 radical (unpaired) electrons. The van der Waals surface area contributed by atoms with Crippen molar-refractivity contribution in [3.63, 3.8) is 0 Å². The Hall–Kier alpha value is -2.48. The number of nitrogens with zero attached hydrogens (tertiary/aromatic N) is 1. The van der Waals surface area contributed by atoms with Crippen LogP contribution in [0.1, 0.15) is 12.5 Å². The highest BCUT2D eigenvalue weighted by molar-refractivity contribution is 8.00. The van der Waals surface area contributed by atoms with Crippen molar-refractivity contribution in [1.29, 1.82) is 0 Å². The molecule has 0 bridgehead atoms. The molecule has 25 heavy (non-hydrogen) atoms. The van der Waals surface area contributed by atoms with E-state index in [0.29, 0.717) is 22.0 Å². The fraction of sp³-hybridized carbons (Fsp3) is 0.176. The maximum absolute atomic E-state index is 12.5. The normalized spacial score (nSPS) is 13.0. The van der Waals surface area contributed by atoms with Crippen molar-refractivity contribution >= 4 is 34.5 Å². The van der Waals surface area contributed by atoms with E-state index in [0.717, 1.165) is 23.9 Å². The summed E-state index contributed by atoms with van der Waals surface area (Å²) < 4.78 is 43.1. The molecule has 130 valence electrons. The fourth-order valence-corrected chi connectivity index (χ4v) is 2.85. The van der Waals surface area contributed by atoms with Crippen LogP contribution < -0.4 is 5.32 Å². The number of para-hydroxylation sites is 2. The highest BCUT2D eigenvalue weighted by atomic mass is 32.2. The summed E-state index contributed by atoms with van der Waals surface area (Å²) in [6.07, 6.45) is -4.40. The van der Waals surface area contributed by atoms with Gasteiger partial charge in [0.15, 0.2) is 5.58 Å². The Bertz CT molecular complexity index is 858. The molecular weight excluding hydrogens is 353 g/mol. The topological polar surface area (TPSA) is 55.1 Å². The number of carbonyl (C=O) groups is 1. The minimum Gasteiger partial charge on any atom is -0.431 e. The number of halogens is 3. The number of hydrogen-bond acceptors (Lipinski definition) is 4. The Morgan fingerprint density at radius 2 is 1.84 bits per heavy atom. The van der Waals surface area contributed by atoms with Gasteiger partial charge in [0.1, 0.15) is 5.52 Å². The van der Waals surface area contributed by atoms with Gasteiger partial charge in [-0.2, -0.15) is 13.2 Å². The lowest BCUT2D eigenvalue weighted by molar-refractivity contribution is -0.137. The highest BCUT2D eigenvalue weighted by Gasteiger charge is 2.30. The van der Waals surface area contributed by atoms with Crippen LogP contribution in [0, 0.1) is 0 Å². The Morgan fingerprint density at radius 3 is 2.48 bits per heavy atom. The molecule has 0 spiro atoms. The number of hydrogen-bond donors (Lipinski definition) is 1. The van der Waals surface area contributed by atoms with Gasteiger partial charge in [0.05, 0.1) is 10.8 Å². The zero-order valence-electron chi connectivity index (χ0n) is 13.0. The van der Waals surface area contributed by atoms with Gasteiger partial charge in [-0.1, -0.05) is 23.9 Å². The summed E-state index contributed by atoms with van der Waals surface area (Å²) in [5.41, 5.74) is 0.850. The average Bonchev–Trinajstić information content (AvgIpc) is 2.96. The molecule has 3 aromatic rings. The van der Waals surface area contributed by atoms with Crippen molar-refractivity contribution in [2.75, 3.05) is 5.32 Å². The van der Waals surface area contributed by atoms with Crippen LogP contribution in [-0.4, -0.2) is 16.1 Å². The molecule has 0 saturated heterocycles. The molecule has 1 N–H and O–H groups in total. The molecule has 8 heteroatoms. The van der Waals surface area contributed by atoms with E-state index in [4.69, 9.17) is 4.42 Å². The van der Waals surface area contributed by atoms with Crippen molar-refractivity contribution in [2.45, 2.75) is 23.6 Å². The number of carbonyl (C=O) groups excluding carboxylic acids is 1. The second-order valence-corrected chi connectivity index (χ2v) is 6.56. The molecule has 1 aromatic heterocycles. The van der Waals surface area contributed by atoms with Gasteiger partial charge in [-0.15, -0.1) is 0 Å². The predicted molar refractivity (Wildman–Crippen MR) is 89.4 cm³/mol. The summed E-state index contributed by atoms with van der Waals surface area (Å²) in [4.78, 5) is 16.5. The molecule has 0 aliphatic carbocycles. The number of fused-ring (bicyclic) bond motifs is 1. The number of rotatable bonds is 4. The standard InChI is InChI=1S/C17H13F3N2O2S/c1-10(25-16-22-13-4-2-3-5-14(13)24-16)15(23)21-12-8-6-11(7-9-12)17(18,19)20/h2-10H,1H3,(H,21,23). The fourth-order valence-electron chi connectivity index (χ4n) is 2.09. The number of nitrogens with one attached hydrogen (secondary N) is 1. The second kappa shape index (κ2) is 6.79. The average molecular weight is 366 g/mol. The smallest absolute Gasteiger partial charge is 0.416 e. The van der Waals surface area contributed by atoms with Crippen molar-refractivity contribution in [3.8, 4) is 0 Å². The molecule has 2 aromatic carbocycles. The Morgan fingerprint density at radius 1 is 1.16 bits per heavy atom. The largest absolute Gasteiger partial charge is 0.431 e. The van der Waals surface area contributed by atoms with Gasteiger partial charge in [-0.25, -0.2) is 4.98 Å². The number of anilines is 1. The van der Waals surface area contributed by atoms with Crippen LogP contribution in [0.2, 0.25) is 0 Å². The van der Waals surface area contributed by atoms with E-state index in [1.54, 1.807) is 19.1 Å². The van der Waals surface area contributed by atoms with Gasteiger partial charge in [0, 0.05) is 5.69 Å². The summed E-state index contributed by atoms with van der Waals surface area (Å²) in [5.74, 6) is -0.355. The minimum atomic E-state index is -4.40. The van der Waals surface area contributed by atoms with Gasteiger partial charge in [-0.3, -0.25) is 4.79 Å². The molecule has 1 heterocycles. The molecule has 0 aliphatic heterocycles. The Balaban J connectivity index is 1.64. The van der Waals surface area contributed by atoms with Crippen molar-refractivity contribution in [1.82, 2.24) is 4.98 Å². The first-order valence-electron chi connectivity index (χ1n) is 7.33. The summed E-state index contributed by atoms with van der Waals surface area (Å²) in [5, 5.41) is 2.40. The van der Waals surface area contributed by atoms with Gasteiger partial charge < -0.3 is 9.73 Å². The van der Waals surface area contributed by atoms with E-state index in [9.17, 15) is 18.0 Å². The number of alkyl halides is 3. The predicted octanol–water partition coefficient (Wildman–Crippen LogP) is 4.97. The van der Waals surface area contributed by atoms with Crippen LogP contribution >= 0.6 is 11.8 Å². The number of amides is 1. The van der Waals surface area contributed by atoms with Crippen molar-refractivity contribution in [2.24, 2.45) is 0 Å². The molecule has 0 saturated carbocycles. The van der Waals surface area contributed by atoms with Gasteiger partial charge in [0.2, 0.25) is 5.91 Å². The molecule has 0 aliphatic rings. The Labute approximate surface area is 145 Å². The third-order valence-electron chi connectivity index (χ3n) is 3.40. The first-order chi connectivity index (χ1) is 11.8. The molecule has 0 fully saturated rings. The van der Waals surface area contributed by atoms with Crippen LogP contribution in [0.5, 0.6) is 0 Å². The minimum absolute atomic E-state index is 0.294. The number of oxazole rings is 1. The third kappa shape index (κ3) is 4.14. The Kier molecular flexibility index (Phi) is 4.71. The van der Waals surface area contributed by atoms with Crippen LogP contribution in [0.3, 0.4) is 0 Å². The van der Waals surface area contributed by atoms with Gasteiger partial charge >= 0.3 is 6.18 Å². The van der Waals surface area contributed by atoms with Crippen LogP contribution in [0.15, 0.2) is 58.2 Å². The monoisotopic (exact) mass is 366 g/mol. The zero-order valence-corrected chi connectivity index (χ0v) is 13.8. The number of aromatic nitrogens is 1. The summed E-state index contributed by atoms with van der Waals surface area (Å²) >= 11 is 1.13. The van der Waals surface area contributed by atoms with E-state index in [2.05, 4.69) is 10.3 Å². The first-order valence-corrected chi connectivity index (χ1v) is 8.21. The van der Waals surface area contributed by atoms with E-state index >= 15 is 0 Å². The van der Waals surface area contributed by atoms with E-state index < -0.39 is 17.0 Å². The van der Waals surface area contributed by atoms with Crippen LogP contribution in [-0.2, 0) is 11.0 Å². The molecule has 3 rings (SSSR count). The highest BCUT2D eigenvalue weighted by Crippen LogP contribution is 2.30. The number of benzene rings is 2. The van der Waals surface area contributed by atoms with Gasteiger partial charge in [0.25, 0.3) is 5.22 Å². The van der Waals surface area contributed by atoms with E-state index in [1.807, 2.05) is 12.1 Å². The first kappa shape index (κ1) is 17.3. The molecule has 4 nitrogen and oxygen atoms in total. The summed E-state index contributed by atoms with van der Waals surface area (Å²) in [7, 11) is 0. The van der Waals surface area contributed by atoms with Crippen molar-refractivity contribution < 1.29 is 22.4 Å². The molecular formula is C17H13F3N2O2S. The molecule has 1 amide bonds. The molecule has 1 atom stereocenters. The quantitative estimate of drug-likeness (QED) is 0.663. The lowest BCUT2D eigenvalue weighted by Gasteiger charge is -2.11. The molecule has 1 unspecified atom stereocenters. The van der Waals surface area contributed by atoms with E-state index in [-0.39, 0.29) is 5.91 Å². The summed E-state index contributed by atoms with van der Waals surface area (Å²) in [6.45, 7) is 1.67. The SMILES string of the molecule is CC(Sc1nc2ccccc2o1)C(=O)Nc1ccc(C(F)(F)F)cc1. The van der Waals surface area contributed by atoms with Gasteiger partial charge in [-0.05, 0) is 43.3 Å². The van der Waals surface area contributed by atoms with E-state index in [1.165, 1.54) is 12.1 Å². The maximum atomic E-state index is 12.5. The maximum Gasteiger partial charge on any atom is 0.416 e.